The van der Waals surface area contributed by atoms with Crippen molar-refractivity contribution < 1.29 is 22.3 Å². The Morgan fingerprint density at radius 1 is 0.677 bits per heavy atom. The van der Waals surface area contributed by atoms with E-state index in [4.69, 9.17) is 11.6 Å². The number of hydrogen-bond donors (Lipinski definition) is 0. The molecular formula is C21H11ClF4N4O. The molecule has 0 aliphatic carbocycles. The zero-order chi connectivity index (χ0) is 22.0. The number of benzene rings is 3. The number of alkyl halides is 3. The fourth-order valence-electron chi connectivity index (χ4n) is 2.82. The molecule has 4 aromatic rings. The summed E-state index contributed by atoms with van der Waals surface area (Å²) in [6.45, 7) is 0. The Hall–Kier alpha value is -3.59. The Balaban J connectivity index is 1.53. The maximum Gasteiger partial charge on any atom is 0.573 e. The normalized spacial score (nSPS) is 11.4. The predicted molar refractivity (Wildman–Crippen MR) is 106 cm³/mol. The lowest BCUT2D eigenvalue weighted by atomic mass is 10.0. The van der Waals surface area contributed by atoms with Crippen molar-refractivity contribution >= 4 is 11.6 Å². The molecule has 1 aromatic heterocycles. The first-order valence-electron chi connectivity index (χ1n) is 8.78. The van der Waals surface area contributed by atoms with Crippen LogP contribution in [0.1, 0.15) is 0 Å². The molecule has 0 fully saturated rings. The Morgan fingerprint density at radius 3 is 1.74 bits per heavy atom. The molecule has 31 heavy (non-hydrogen) atoms. The monoisotopic (exact) mass is 446 g/mol. The summed E-state index contributed by atoms with van der Waals surface area (Å²) in [5.41, 5.74) is 2.08. The van der Waals surface area contributed by atoms with Gasteiger partial charge in [-0.2, -0.15) is 0 Å². The van der Waals surface area contributed by atoms with Crippen molar-refractivity contribution in [3.8, 4) is 39.7 Å². The summed E-state index contributed by atoms with van der Waals surface area (Å²) in [5, 5.41) is 15.9. The molecule has 3 aromatic carbocycles. The molecule has 4 rings (SSSR count). The molecule has 156 valence electrons. The average Bonchev–Trinajstić information content (AvgIpc) is 2.74. The molecule has 0 unspecified atom stereocenters. The number of aromatic nitrogens is 4. The summed E-state index contributed by atoms with van der Waals surface area (Å²) >= 11 is 6.00. The highest BCUT2D eigenvalue weighted by Gasteiger charge is 2.30. The second-order valence-electron chi connectivity index (χ2n) is 6.29. The SMILES string of the molecule is Fc1cccc(Cl)c1-c1nnc(-c2ccc(-c3ccc(OC(F)(F)F)cc3)cc2)nn1. The molecule has 0 spiro atoms. The molecule has 0 aliphatic rings. The lowest BCUT2D eigenvalue weighted by Crippen LogP contribution is -2.16. The third-order valence-corrected chi connectivity index (χ3v) is 4.54. The van der Waals surface area contributed by atoms with Gasteiger partial charge in [0.25, 0.3) is 0 Å². The third kappa shape index (κ3) is 4.77. The summed E-state index contributed by atoms with van der Waals surface area (Å²) in [7, 11) is 0. The van der Waals surface area contributed by atoms with Gasteiger partial charge >= 0.3 is 6.36 Å². The molecule has 0 bridgehead atoms. The first-order chi connectivity index (χ1) is 14.8. The molecule has 0 atom stereocenters. The minimum absolute atomic E-state index is 0.0176. The van der Waals surface area contributed by atoms with Gasteiger partial charge in [-0.1, -0.05) is 54.1 Å². The highest BCUT2D eigenvalue weighted by Crippen LogP contribution is 2.29. The van der Waals surface area contributed by atoms with Crippen LogP contribution in [0.15, 0.2) is 66.7 Å². The minimum Gasteiger partial charge on any atom is -0.406 e. The van der Waals surface area contributed by atoms with Crippen LogP contribution in [-0.2, 0) is 0 Å². The molecule has 0 saturated heterocycles. The van der Waals surface area contributed by atoms with Gasteiger partial charge in [-0.15, -0.1) is 33.6 Å². The number of nitrogens with zero attached hydrogens (tertiary/aromatic N) is 4. The highest BCUT2D eigenvalue weighted by molar-refractivity contribution is 6.33. The van der Waals surface area contributed by atoms with Crippen LogP contribution < -0.4 is 4.74 Å². The fourth-order valence-corrected chi connectivity index (χ4v) is 3.06. The van der Waals surface area contributed by atoms with E-state index < -0.39 is 12.2 Å². The number of halogens is 5. The molecule has 1 heterocycles. The zero-order valence-corrected chi connectivity index (χ0v) is 16.2. The van der Waals surface area contributed by atoms with Crippen molar-refractivity contribution in [1.82, 2.24) is 20.4 Å². The maximum absolute atomic E-state index is 14.0. The van der Waals surface area contributed by atoms with E-state index in [0.29, 0.717) is 11.1 Å². The van der Waals surface area contributed by atoms with Gasteiger partial charge in [-0.3, -0.25) is 0 Å². The van der Waals surface area contributed by atoms with E-state index in [2.05, 4.69) is 25.1 Å². The Morgan fingerprint density at radius 2 is 1.19 bits per heavy atom. The van der Waals surface area contributed by atoms with Crippen LogP contribution in [0.3, 0.4) is 0 Å². The lowest BCUT2D eigenvalue weighted by molar-refractivity contribution is -0.274. The highest BCUT2D eigenvalue weighted by atomic mass is 35.5. The molecule has 10 heteroatoms. The van der Waals surface area contributed by atoms with Crippen molar-refractivity contribution in [3.63, 3.8) is 0 Å². The van der Waals surface area contributed by atoms with Gasteiger partial charge in [0.2, 0.25) is 11.6 Å². The van der Waals surface area contributed by atoms with Crippen molar-refractivity contribution in [2.75, 3.05) is 0 Å². The van der Waals surface area contributed by atoms with Crippen LogP contribution in [0, 0.1) is 5.82 Å². The van der Waals surface area contributed by atoms with E-state index in [1.807, 2.05) is 0 Å². The second kappa shape index (κ2) is 8.27. The molecule has 0 radical (unpaired) electrons. The van der Waals surface area contributed by atoms with E-state index in [1.165, 1.54) is 42.5 Å². The van der Waals surface area contributed by atoms with Gasteiger partial charge in [0.1, 0.15) is 11.6 Å². The van der Waals surface area contributed by atoms with Gasteiger partial charge in [-0.25, -0.2) is 4.39 Å². The van der Waals surface area contributed by atoms with E-state index in [9.17, 15) is 17.6 Å². The van der Waals surface area contributed by atoms with E-state index >= 15 is 0 Å². The van der Waals surface area contributed by atoms with Crippen molar-refractivity contribution in [2.24, 2.45) is 0 Å². The zero-order valence-electron chi connectivity index (χ0n) is 15.4. The molecule has 0 aliphatic heterocycles. The van der Waals surface area contributed by atoms with E-state index in [1.54, 1.807) is 24.3 Å². The average molecular weight is 447 g/mol. The Labute approximate surface area is 178 Å². The molecule has 0 saturated carbocycles. The largest absolute Gasteiger partial charge is 0.573 e. The first-order valence-corrected chi connectivity index (χ1v) is 9.16. The standard InChI is InChI=1S/C21H11ClF4N4O/c22-16-2-1-3-17(23)18(16)20-29-27-19(28-30-20)14-6-4-12(5-7-14)13-8-10-15(11-9-13)31-21(24,25)26/h1-11H. The molecule has 0 amide bonds. The first kappa shape index (κ1) is 20.7. The van der Waals surface area contributed by atoms with Crippen molar-refractivity contribution in [2.45, 2.75) is 6.36 Å². The maximum atomic E-state index is 14.0. The summed E-state index contributed by atoms with van der Waals surface area (Å²) in [6, 6.07) is 16.6. The van der Waals surface area contributed by atoms with Crippen LogP contribution in [-0.4, -0.2) is 26.8 Å². The van der Waals surface area contributed by atoms with Crippen LogP contribution in [0.5, 0.6) is 5.75 Å². The summed E-state index contributed by atoms with van der Waals surface area (Å²) in [5.74, 6) is -0.699. The lowest BCUT2D eigenvalue weighted by Gasteiger charge is -2.09. The Bertz CT molecular complexity index is 1180. The number of ether oxygens (including phenoxy) is 1. The third-order valence-electron chi connectivity index (χ3n) is 4.23. The summed E-state index contributed by atoms with van der Waals surface area (Å²) in [6.07, 6.45) is -4.74. The quantitative estimate of drug-likeness (QED) is 0.362. The van der Waals surface area contributed by atoms with Gasteiger partial charge < -0.3 is 4.74 Å². The van der Waals surface area contributed by atoms with Crippen LogP contribution in [0.25, 0.3) is 33.9 Å². The van der Waals surface area contributed by atoms with Gasteiger partial charge in [0.05, 0.1) is 10.6 Å². The summed E-state index contributed by atoms with van der Waals surface area (Å²) in [4.78, 5) is 0. The van der Waals surface area contributed by atoms with Gasteiger partial charge in [0, 0.05) is 5.56 Å². The van der Waals surface area contributed by atoms with Gasteiger partial charge in [0.15, 0.2) is 0 Å². The van der Waals surface area contributed by atoms with Crippen LogP contribution in [0.4, 0.5) is 17.6 Å². The van der Waals surface area contributed by atoms with Crippen LogP contribution in [0.2, 0.25) is 5.02 Å². The van der Waals surface area contributed by atoms with Gasteiger partial charge in [-0.05, 0) is 35.4 Å². The summed E-state index contributed by atoms with van der Waals surface area (Å²) < 4.78 is 54.6. The smallest absolute Gasteiger partial charge is 0.406 e. The molecular weight excluding hydrogens is 436 g/mol. The molecule has 5 nitrogen and oxygen atoms in total. The van der Waals surface area contributed by atoms with Crippen molar-refractivity contribution in [3.05, 3.63) is 77.6 Å². The number of rotatable bonds is 4. The number of hydrogen-bond acceptors (Lipinski definition) is 5. The topological polar surface area (TPSA) is 60.8 Å². The predicted octanol–water partition coefficient (Wildman–Crippen LogP) is 5.96. The second-order valence-corrected chi connectivity index (χ2v) is 6.70. The minimum atomic E-state index is -4.74. The Kier molecular flexibility index (Phi) is 5.51. The van der Waals surface area contributed by atoms with E-state index in [-0.39, 0.29) is 28.0 Å². The molecule has 0 N–H and O–H groups in total. The fraction of sp³-hybridized carbons (Fsp3) is 0.0476. The van der Waals surface area contributed by atoms with E-state index in [0.717, 1.165) is 5.56 Å². The van der Waals surface area contributed by atoms with Crippen LogP contribution >= 0.6 is 11.6 Å². The van der Waals surface area contributed by atoms with Crippen molar-refractivity contribution in [1.29, 1.82) is 0 Å².